The molecule has 0 atom stereocenters. The third-order valence-electron chi connectivity index (χ3n) is 3.67. The van der Waals surface area contributed by atoms with Crippen molar-refractivity contribution < 1.29 is 31.3 Å². The lowest BCUT2D eigenvalue weighted by Crippen LogP contribution is -2.28. The smallest absolute Gasteiger partial charge is 0.378 e. The minimum atomic E-state index is -4.42. The average molecular weight is 463 g/mol. The third kappa shape index (κ3) is 6.91. The summed E-state index contributed by atoms with van der Waals surface area (Å²) >= 11 is -0.288. The van der Waals surface area contributed by atoms with E-state index in [9.17, 15) is 36.5 Å². The molecular weight excluding hydrogens is 447 g/mol. The van der Waals surface area contributed by atoms with Crippen molar-refractivity contribution in [2.24, 2.45) is 0 Å². The first-order valence-electron chi connectivity index (χ1n) is 8.23. The normalized spacial score (nSPS) is 11.7. The van der Waals surface area contributed by atoms with Gasteiger partial charge in [-0.1, -0.05) is 0 Å². The van der Waals surface area contributed by atoms with Crippen molar-refractivity contribution in [2.45, 2.75) is 15.3 Å². The first kappa shape index (κ1) is 23.5. The predicted molar refractivity (Wildman–Crippen MR) is 105 cm³/mol. The van der Waals surface area contributed by atoms with Gasteiger partial charge >= 0.3 is 5.51 Å². The van der Waals surface area contributed by atoms with Crippen LogP contribution in [0.5, 0.6) is 0 Å². The fourth-order valence-electron chi connectivity index (χ4n) is 2.33. The molecule has 0 fully saturated rings. The number of amides is 1. The largest absolute Gasteiger partial charge is 0.446 e. The van der Waals surface area contributed by atoms with Gasteiger partial charge in [-0.15, -0.1) is 0 Å². The highest BCUT2D eigenvalue weighted by Gasteiger charge is 2.29. The highest BCUT2D eigenvalue weighted by molar-refractivity contribution is 8.00. The number of carbonyl (C=O) groups is 1. The lowest BCUT2D eigenvalue weighted by atomic mass is 10.2. The van der Waals surface area contributed by atoms with Gasteiger partial charge in [0.15, 0.2) is 9.84 Å². The standard InChI is InChI=1S/C17H16F3N3O5S2/c1-30(27,28)13-6-7-14(15(10-13)23(25)26)21-8-9-22-16(24)11-2-4-12(5-3-11)29-17(18,19)20/h2-7,10,21H,8-9H2,1H3,(H,22,24). The number of benzene rings is 2. The van der Waals surface area contributed by atoms with Gasteiger partial charge in [0.05, 0.1) is 9.82 Å². The maximum absolute atomic E-state index is 12.3. The molecule has 1 amide bonds. The van der Waals surface area contributed by atoms with Gasteiger partial charge in [0.1, 0.15) is 5.69 Å². The van der Waals surface area contributed by atoms with Crippen molar-refractivity contribution in [1.29, 1.82) is 0 Å². The van der Waals surface area contributed by atoms with Crippen molar-refractivity contribution in [3.8, 4) is 0 Å². The summed E-state index contributed by atoms with van der Waals surface area (Å²) in [6, 6.07) is 8.29. The molecule has 2 N–H and O–H groups in total. The molecule has 0 saturated carbocycles. The molecule has 0 radical (unpaired) electrons. The van der Waals surface area contributed by atoms with Crippen molar-refractivity contribution in [3.63, 3.8) is 0 Å². The zero-order valence-electron chi connectivity index (χ0n) is 15.4. The van der Waals surface area contributed by atoms with Crippen LogP contribution in [-0.2, 0) is 9.84 Å². The Morgan fingerprint density at radius 3 is 2.30 bits per heavy atom. The summed E-state index contributed by atoms with van der Waals surface area (Å²) in [6.45, 7) is 0.148. The first-order chi connectivity index (χ1) is 13.9. The second-order valence-corrected chi connectivity index (χ2v) is 9.12. The van der Waals surface area contributed by atoms with E-state index >= 15 is 0 Å². The van der Waals surface area contributed by atoms with E-state index in [-0.39, 0.29) is 45.9 Å². The predicted octanol–water partition coefficient (Wildman–Crippen LogP) is 3.45. The molecule has 2 rings (SSSR count). The van der Waals surface area contributed by atoms with E-state index in [4.69, 9.17) is 0 Å². The monoisotopic (exact) mass is 463 g/mol. The van der Waals surface area contributed by atoms with Gasteiger partial charge < -0.3 is 10.6 Å². The van der Waals surface area contributed by atoms with Gasteiger partial charge in [-0.2, -0.15) is 13.2 Å². The molecule has 0 aliphatic carbocycles. The van der Waals surface area contributed by atoms with E-state index in [0.29, 0.717) is 0 Å². The van der Waals surface area contributed by atoms with Gasteiger partial charge in [-0.05, 0) is 48.2 Å². The molecule has 0 spiro atoms. The van der Waals surface area contributed by atoms with Gasteiger partial charge in [0.25, 0.3) is 11.6 Å². The number of thioether (sulfide) groups is 1. The van der Waals surface area contributed by atoms with Gasteiger partial charge in [0.2, 0.25) is 0 Å². The van der Waals surface area contributed by atoms with Crippen LogP contribution in [0.15, 0.2) is 52.3 Å². The number of rotatable bonds is 8. The molecule has 162 valence electrons. The summed E-state index contributed by atoms with van der Waals surface area (Å²) in [5.74, 6) is -0.526. The Labute approximate surface area is 173 Å². The summed E-state index contributed by atoms with van der Waals surface area (Å²) in [7, 11) is -3.61. The van der Waals surface area contributed by atoms with Gasteiger partial charge in [-0.25, -0.2) is 8.42 Å². The number of sulfone groups is 1. The van der Waals surface area contributed by atoms with Gasteiger partial charge in [0, 0.05) is 35.9 Å². The molecule has 2 aromatic rings. The SMILES string of the molecule is CS(=O)(=O)c1ccc(NCCNC(=O)c2ccc(SC(F)(F)F)cc2)c([N+](=O)[O-])c1. The van der Waals surface area contributed by atoms with Crippen LogP contribution in [-0.4, -0.2) is 44.1 Å². The number of hydrogen-bond acceptors (Lipinski definition) is 7. The molecule has 2 aromatic carbocycles. The number of hydrogen-bond donors (Lipinski definition) is 2. The maximum atomic E-state index is 12.3. The Morgan fingerprint density at radius 2 is 1.77 bits per heavy atom. The zero-order valence-corrected chi connectivity index (χ0v) is 17.0. The number of carbonyl (C=O) groups excluding carboxylic acids is 1. The molecule has 0 saturated heterocycles. The summed E-state index contributed by atoms with van der Waals surface area (Å²) in [6.07, 6.45) is 0.934. The summed E-state index contributed by atoms with van der Waals surface area (Å²) < 4.78 is 60.0. The molecule has 0 bridgehead atoms. The fraction of sp³-hybridized carbons (Fsp3) is 0.235. The van der Waals surface area contributed by atoms with Crippen LogP contribution < -0.4 is 10.6 Å². The minimum absolute atomic E-state index is 0.0504. The Hall–Kier alpha value is -2.80. The number of anilines is 1. The lowest BCUT2D eigenvalue weighted by Gasteiger charge is -2.10. The Bertz CT molecular complexity index is 1040. The Morgan fingerprint density at radius 1 is 1.13 bits per heavy atom. The lowest BCUT2D eigenvalue weighted by molar-refractivity contribution is -0.384. The van der Waals surface area contributed by atoms with E-state index < -0.39 is 31.9 Å². The quantitative estimate of drug-likeness (QED) is 0.266. The topological polar surface area (TPSA) is 118 Å². The maximum Gasteiger partial charge on any atom is 0.446 e. The van der Waals surface area contributed by atoms with Crippen LogP contribution in [0.25, 0.3) is 0 Å². The number of halogens is 3. The summed E-state index contributed by atoms with van der Waals surface area (Å²) in [5.41, 5.74) is -4.61. The van der Waals surface area contributed by atoms with Crippen LogP contribution in [0.2, 0.25) is 0 Å². The number of nitro benzene ring substituents is 1. The summed E-state index contributed by atoms with van der Waals surface area (Å²) in [5, 5.41) is 16.4. The molecule has 0 aliphatic heterocycles. The van der Waals surface area contributed by atoms with Crippen LogP contribution in [0, 0.1) is 10.1 Å². The van der Waals surface area contributed by atoms with E-state index in [1.807, 2.05) is 0 Å². The minimum Gasteiger partial charge on any atom is -0.378 e. The molecular formula is C17H16F3N3O5S2. The van der Waals surface area contributed by atoms with Crippen LogP contribution in [0.3, 0.4) is 0 Å². The number of nitrogens with zero attached hydrogens (tertiary/aromatic N) is 1. The van der Waals surface area contributed by atoms with E-state index in [0.717, 1.165) is 12.3 Å². The highest BCUT2D eigenvalue weighted by Crippen LogP contribution is 2.36. The zero-order chi connectivity index (χ0) is 22.5. The molecule has 0 aliphatic rings. The van der Waals surface area contributed by atoms with Crippen LogP contribution in [0.4, 0.5) is 24.5 Å². The Balaban J connectivity index is 1.93. The van der Waals surface area contributed by atoms with Gasteiger partial charge in [-0.3, -0.25) is 14.9 Å². The third-order valence-corrected chi connectivity index (χ3v) is 5.52. The molecule has 30 heavy (non-hydrogen) atoms. The molecule has 13 heteroatoms. The molecule has 0 aromatic heterocycles. The van der Waals surface area contributed by atoms with Crippen molar-refractivity contribution in [3.05, 3.63) is 58.1 Å². The number of nitro groups is 1. The van der Waals surface area contributed by atoms with E-state index in [1.165, 1.54) is 36.4 Å². The second-order valence-electron chi connectivity index (χ2n) is 5.96. The highest BCUT2D eigenvalue weighted by atomic mass is 32.2. The van der Waals surface area contributed by atoms with E-state index in [1.54, 1.807) is 0 Å². The molecule has 8 nitrogen and oxygen atoms in total. The van der Waals surface area contributed by atoms with Crippen LogP contribution in [0.1, 0.15) is 10.4 Å². The first-order valence-corrected chi connectivity index (χ1v) is 10.9. The average Bonchev–Trinajstić information content (AvgIpc) is 2.63. The van der Waals surface area contributed by atoms with Crippen molar-refractivity contribution in [1.82, 2.24) is 5.32 Å². The Kier molecular flexibility index (Phi) is 7.31. The number of nitrogens with one attached hydrogen (secondary N) is 2. The molecule has 0 heterocycles. The number of alkyl halides is 3. The summed E-state index contributed by atoms with van der Waals surface area (Å²) in [4.78, 5) is 22.2. The second kappa shape index (κ2) is 9.34. The van der Waals surface area contributed by atoms with Crippen molar-refractivity contribution >= 4 is 38.9 Å². The van der Waals surface area contributed by atoms with Crippen molar-refractivity contribution in [2.75, 3.05) is 24.7 Å². The van der Waals surface area contributed by atoms with Crippen LogP contribution >= 0.6 is 11.8 Å². The molecule has 0 unspecified atom stereocenters. The fourth-order valence-corrected chi connectivity index (χ4v) is 3.51. The van der Waals surface area contributed by atoms with E-state index in [2.05, 4.69) is 10.6 Å².